The highest BCUT2D eigenvalue weighted by Crippen LogP contribution is 2.30. The maximum Gasteiger partial charge on any atom is 0.248 e. The second-order valence-electron chi connectivity index (χ2n) is 5.78. The Kier molecular flexibility index (Phi) is 7.08. The minimum atomic E-state index is -0.435. The van der Waals surface area contributed by atoms with Crippen LogP contribution in [0.15, 0.2) is 54.6 Å². The van der Waals surface area contributed by atoms with Gasteiger partial charge < -0.3 is 15.2 Å². The highest BCUT2D eigenvalue weighted by molar-refractivity contribution is 6.18. The number of primary amides is 1. The van der Waals surface area contributed by atoms with Crippen molar-refractivity contribution in [3.63, 3.8) is 0 Å². The molecule has 132 valence electrons. The zero-order valence-corrected chi connectivity index (χ0v) is 14.8. The first kappa shape index (κ1) is 18.6. The Hall–Kier alpha value is -2.75. The average molecular weight is 339 g/mol. The molecule has 0 bridgehead atoms. The summed E-state index contributed by atoms with van der Waals surface area (Å²) in [6, 6.07) is 15.8. The van der Waals surface area contributed by atoms with Gasteiger partial charge in [0, 0.05) is 5.57 Å². The van der Waals surface area contributed by atoms with E-state index in [0.717, 1.165) is 31.2 Å². The van der Waals surface area contributed by atoms with Crippen LogP contribution in [0.1, 0.15) is 30.4 Å². The summed E-state index contributed by atoms with van der Waals surface area (Å²) >= 11 is 0. The number of unbranched alkanes of at least 4 members (excludes halogenated alkanes) is 2. The highest BCUT2D eigenvalue weighted by Gasteiger charge is 2.11. The summed E-state index contributed by atoms with van der Waals surface area (Å²) < 4.78 is 10.5. The van der Waals surface area contributed by atoms with E-state index in [1.54, 1.807) is 26.4 Å². The number of nitrogens with two attached hydrogens (primary N) is 1. The fourth-order valence-electron chi connectivity index (χ4n) is 2.73. The third kappa shape index (κ3) is 5.38. The Morgan fingerprint density at radius 1 is 1.00 bits per heavy atom. The van der Waals surface area contributed by atoms with Gasteiger partial charge in [-0.1, -0.05) is 42.5 Å². The second kappa shape index (κ2) is 9.52. The number of hydrogen-bond donors (Lipinski definition) is 1. The monoisotopic (exact) mass is 339 g/mol. The van der Waals surface area contributed by atoms with Crippen LogP contribution < -0.4 is 15.2 Å². The standard InChI is InChI=1S/C21H25NO3/c1-24-19-14-13-17(15-20(19)25-2)18(21(22)23)12-8-4-7-11-16-9-5-3-6-10-16/h3,5-6,9-10,12-15H,4,7-8,11H2,1-2H3,(H2,22,23). The number of carbonyl (C=O) groups is 1. The molecule has 0 aromatic heterocycles. The van der Waals surface area contributed by atoms with E-state index < -0.39 is 5.91 Å². The molecular formula is C21H25NO3. The quantitative estimate of drug-likeness (QED) is 0.555. The lowest BCUT2D eigenvalue weighted by atomic mass is 10.0. The molecule has 2 rings (SSSR count). The van der Waals surface area contributed by atoms with Gasteiger partial charge in [-0.3, -0.25) is 4.79 Å². The van der Waals surface area contributed by atoms with Crippen LogP contribution in [0.4, 0.5) is 0 Å². The molecule has 0 unspecified atom stereocenters. The molecule has 0 saturated heterocycles. The molecule has 0 fully saturated rings. The van der Waals surface area contributed by atoms with Crippen LogP contribution in [0.2, 0.25) is 0 Å². The van der Waals surface area contributed by atoms with Gasteiger partial charge in [0.1, 0.15) is 0 Å². The van der Waals surface area contributed by atoms with Crippen LogP contribution in [-0.4, -0.2) is 20.1 Å². The zero-order chi connectivity index (χ0) is 18.1. The molecule has 0 aliphatic heterocycles. The van der Waals surface area contributed by atoms with E-state index in [1.165, 1.54) is 5.56 Å². The van der Waals surface area contributed by atoms with E-state index in [9.17, 15) is 4.79 Å². The van der Waals surface area contributed by atoms with Crippen molar-refractivity contribution in [3.8, 4) is 11.5 Å². The number of amides is 1. The molecule has 1 amide bonds. The van der Waals surface area contributed by atoms with Gasteiger partial charge in [-0.05, 0) is 48.9 Å². The maximum absolute atomic E-state index is 11.8. The minimum absolute atomic E-state index is 0.435. The number of hydrogen-bond acceptors (Lipinski definition) is 3. The molecule has 2 N–H and O–H groups in total. The SMILES string of the molecule is COc1ccc(C(=CCCCCc2ccccc2)C(N)=O)cc1OC. The lowest BCUT2D eigenvalue weighted by Gasteiger charge is -2.10. The fourth-order valence-corrected chi connectivity index (χ4v) is 2.73. The van der Waals surface area contributed by atoms with E-state index >= 15 is 0 Å². The van der Waals surface area contributed by atoms with E-state index in [-0.39, 0.29) is 0 Å². The summed E-state index contributed by atoms with van der Waals surface area (Å²) in [6.07, 6.45) is 5.82. The molecule has 0 atom stereocenters. The predicted molar refractivity (Wildman–Crippen MR) is 101 cm³/mol. The fraction of sp³-hybridized carbons (Fsp3) is 0.286. The topological polar surface area (TPSA) is 61.5 Å². The normalized spacial score (nSPS) is 11.2. The molecule has 2 aromatic rings. The summed E-state index contributed by atoms with van der Waals surface area (Å²) in [5.41, 5.74) is 8.15. The number of benzene rings is 2. The van der Waals surface area contributed by atoms with Crippen molar-refractivity contribution in [1.29, 1.82) is 0 Å². The first-order valence-corrected chi connectivity index (χ1v) is 8.42. The van der Waals surface area contributed by atoms with Crippen LogP contribution >= 0.6 is 0 Å². The maximum atomic E-state index is 11.8. The van der Waals surface area contributed by atoms with Gasteiger partial charge >= 0.3 is 0 Å². The molecule has 0 heterocycles. The van der Waals surface area contributed by atoms with Crippen molar-refractivity contribution in [2.75, 3.05) is 14.2 Å². The smallest absolute Gasteiger partial charge is 0.248 e. The van der Waals surface area contributed by atoms with Crippen molar-refractivity contribution in [2.24, 2.45) is 5.73 Å². The van der Waals surface area contributed by atoms with Gasteiger partial charge in [0.15, 0.2) is 11.5 Å². The molecule has 4 heteroatoms. The predicted octanol–water partition coefficient (Wildman–Crippen LogP) is 3.99. The molecule has 0 aliphatic rings. The van der Waals surface area contributed by atoms with Crippen molar-refractivity contribution < 1.29 is 14.3 Å². The first-order chi connectivity index (χ1) is 12.2. The number of aryl methyl sites for hydroxylation is 1. The summed E-state index contributed by atoms with van der Waals surface area (Å²) in [4.78, 5) is 11.8. The van der Waals surface area contributed by atoms with Gasteiger partial charge in [-0.25, -0.2) is 0 Å². The molecule has 4 nitrogen and oxygen atoms in total. The van der Waals surface area contributed by atoms with Gasteiger partial charge in [0.2, 0.25) is 5.91 Å². The molecule has 2 aromatic carbocycles. The lowest BCUT2D eigenvalue weighted by Crippen LogP contribution is -2.13. The molecule has 0 spiro atoms. The largest absolute Gasteiger partial charge is 0.493 e. The first-order valence-electron chi connectivity index (χ1n) is 8.42. The number of allylic oxidation sites excluding steroid dienone is 1. The van der Waals surface area contributed by atoms with Crippen LogP contribution in [0.25, 0.3) is 5.57 Å². The highest BCUT2D eigenvalue weighted by atomic mass is 16.5. The Balaban J connectivity index is 2.00. The Morgan fingerprint density at radius 2 is 1.72 bits per heavy atom. The van der Waals surface area contributed by atoms with Crippen LogP contribution in [0.3, 0.4) is 0 Å². The molecule has 0 radical (unpaired) electrons. The van der Waals surface area contributed by atoms with E-state index in [1.807, 2.05) is 18.2 Å². The van der Waals surface area contributed by atoms with Crippen molar-refractivity contribution >= 4 is 11.5 Å². The summed E-state index contributed by atoms with van der Waals surface area (Å²) in [5.74, 6) is 0.768. The van der Waals surface area contributed by atoms with Gasteiger partial charge in [0.25, 0.3) is 0 Å². The number of carbonyl (C=O) groups excluding carboxylic acids is 1. The molecule has 25 heavy (non-hydrogen) atoms. The summed E-state index contributed by atoms with van der Waals surface area (Å²) in [6.45, 7) is 0. The van der Waals surface area contributed by atoms with Crippen molar-refractivity contribution in [1.82, 2.24) is 0 Å². The lowest BCUT2D eigenvalue weighted by molar-refractivity contribution is -0.112. The van der Waals surface area contributed by atoms with Gasteiger partial charge in [-0.15, -0.1) is 0 Å². The van der Waals surface area contributed by atoms with Crippen LogP contribution in [0.5, 0.6) is 11.5 Å². The number of ether oxygens (including phenoxy) is 2. The van der Waals surface area contributed by atoms with E-state index in [4.69, 9.17) is 15.2 Å². The third-order valence-electron chi connectivity index (χ3n) is 4.07. The van der Waals surface area contributed by atoms with Crippen molar-refractivity contribution in [3.05, 3.63) is 65.7 Å². The summed E-state index contributed by atoms with van der Waals surface area (Å²) in [7, 11) is 3.15. The van der Waals surface area contributed by atoms with E-state index in [0.29, 0.717) is 17.1 Å². The minimum Gasteiger partial charge on any atom is -0.493 e. The van der Waals surface area contributed by atoms with Crippen LogP contribution in [-0.2, 0) is 11.2 Å². The van der Waals surface area contributed by atoms with Gasteiger partial charge in [-0.2, -0.15) is 0 Å². The molecular weight excluding hydrogens is 314 g/mol. The Labute approximate surface area is 149 Å². The Bertz CT molecular complexity index is 723. The van der Waals surface area contributed by atoms with Crippen LogP contribution in [0, 0.1) is 0 Å². The summed E-state index contributed by atoms with van der Waals surface area (Å²) in [5, 5.41) is 0. The average Bonchev–Trinajstić information content (AvgIpc) is 2.64. The number of methoxy groups -OCH3 is 2. The van der Waals surface area contributed by atoms with E-state index in [2.05, 4.69) is 24.3 Å². The molecule has 0 saturated carbocycles. The van der Waals surface area contributed by atoms with Gasteiger partial charge in [0.05, 0.1) is 14.2 Å². The second-order valence-corrected chi connectivity index (χ2v) is 5.78. The third-order valence-corrected chi connectivity index (χ3v) is 4.07. The Morgan fingerprint density at radius 3 is 2.36 bits per heavy atom. The van der Waals surface area contributed by atoms with Crippen molar-refractivity contribution in [2.45, 2.75) is 25.7 Å². The number of rotatable bonds is 9. The zero-order valence-electron chi connectivity index (χ0n) is 14.8. The molecule has 0 aliphatic carbocycles.